The molecule has 1 heterocycles. The van der Waals surface area contributed by atoms with E-state index < -0.39 is 16.1 Å². The van der Waals surface area contributed by atoms with Gasteiger partial charge in [0.1, 0.15) is 6.04 Å². The molecule has 1 aliphatic heterocycles. The summed E-state index contributed by atoms with van der Waals surface area (Å²) in [4.78, 5) is 12.1. The second kappa shape index (κ2) is 6.11. The van der Waals surface area contributed by atoms with Crippen molar-refractivity contribution in [2.24, 2.45) is 0 Å². The summed E-state index contributed by atoms with van der Waals surface area (Å²) in [5.74, 6) is -0.234. The van der Waals surface area contributed by atoms with Gasteiger partial charge < -0.3 is 5.32 Å². The monoisotopic (exact) mass is 316 g/mol. The Bertz CT molecular complexity index is 586. The van der Waals surface area contributed by atoms with Crippen LogP contribution < -0.4 is 5.32 Å². The number of nitrogens with one attached hydrogen (secondary N) is 1. The Morgan fingerprint density at radius 2 is 2.05 bits per heavy atom. The molecule has 1 aliphatic rings. The molecule has 0 saturated carbocycles. The maximum atomic E-state index is 12.6. The van der Waals surface area contributed by atoms with Crippen LogP contribution in [0.1, 0.15) is 19.8 Å². The van der Waals surface area contributed by atoms with Crippen LogP contribution in [0.4, 0.5) is 0 Å². The lowest BCUT2D eigenvalue weighted by Crippen LogP contribution is -2.45. The second-order valence-electron chi connectivity index (χ2n) is 4.62. The van der Waals surface area contributed by atoms with E-state index >= 15 is 0 Å². The summed E-state index contributed by atoms with van der Waals surface area (Å²) in [5.41, 5.74) is 0. The van der Waals surface area contributed by atoms with E-state index in [0.717, 1.165) is 0 Å². The van der Waals surface area contributed by atoms with Gasteiger partial charge in [0.2, 0.25) is 15.9 Å². The Morgan fingerprint density at radius 3 is 2.65 bits per heavy atom. The quantitative estimate of drug-likeness (QED) is 0.918. The van der Waals surface area contributed by atoms with E-state index in [1.165, 1.54) is 28.6 Å². The summed E-state index contributed by atoms with van der Waals surface area (Å²) >= 11 is 5.77. The molecule has 1 aromatic rings. The molecule has 7 heteroatoms. The van der Waals surface area contributed by atoms with Gasteiger partial charge in [-0.15, -0.1) is 0 Å². The van der Waals surface area contributed by atoms with Crippen LogP contribution in [0, 0.1) is 0 Å². The normalized spacial score (nSPS) is 20.0. The van der Waals surface area contributed by atoms with Crippen LogP contribution in [-0.2, 0) is 14.8 Å². The van der Waals surface area contributed by atoms with Crippen LogP contribution in [0.2, 0.25) is 5.02 Å². The lowest BCUT2D eigenvalue weighted by atomic mass is 10.2. The van der Waals surface area contributed by atoms with Gasteiger partial charge >= 0.3 is 0 Å². The van der Waals surface area contributed by atoms with Crippen molar-refractivity contribution in [2.45, 2.75) is 30.7 Å². The third-order valence-electron chi connectivity index (χ3n) is 3.28. The van der Waals surface area contributed by atoms with Gasteiger partial charge in [0.05, 0.1) is 4.90 Å². The molecule has 110 valence electrons. The minimum absolute atomic E-state index is 0.165. The molecule has 1 amide bonds. The first-order valence-corrected chi connectivity index (χ1v) is 8.33. The lowest BCUT2D eigenvalue weighted by Gasteiger charge is -2.23. The number of nitrogens with zero attached hydrogens (tertiary/aromatic N) is 1. The molecule has 1 aromatic carbocycles. The Balaban J connectivity index is 2.28. The topological polar surface area (TPSA) is 66.5 Å². The zero-order valence-corrected chi connectivity index (χ0v) is 12.7. The highest BCUT2D eigenvalue weighted by Crippen LogP contribution is 2.26. The lowest BCUT2D eigenvalue weighted by molar-refractivity contribution is -0.124. The molecule has 0 bridgehead atoms. The van der Waals surface area contributed by atoms with E-state index in [-0.39, 0.29) is 10.8 Å². The summed E-state index contributed by atoms with van der Waals surface area (Å²) in [6.07, 6.45) is 1.24. The van der Waals surface area contributed by atoms with E-state index in [1.54, 1.807) is 0 Å². The van der Waals surface area contributed by atoms with Crippen molar-refractivity contribution in [1.29, 1.82) is 0 Å². The van der Waals surface area contributed by atoms with E-state index in [4.69, 9.17) is 11.6 Å². The van der Waals surface area contributed by atoms with Crippen molar-refractivity contribution < 1.29 is 13.2 Å². The Morgan fingerprint density at radius 1 is 1.40 bits per heavy atom. The first-order valence-electron chi connectivity index (χ1n) is 6.52. The molecule has 1 fully saturated rings. The van der Waals surface area contributed by atoms with E-state index in [9.17, 15) is 13.2 Å². The van der Waals surface area contributed by atoms with Gasteiger partial charge in [-0.25, -0.2) is 8.42 Å². The van der Waals surface area contributed by atoms with Crippen LogP contribution in [0.5, 0.6) is 0 Å². The van der Waals surface area contributed by atoms with Gasteiger partial charge in [0.15, 0.2) is 0 Å². The van der Waals surface area contributed by atoms with Crippen LogP contribution in [-0.4, -0.2) is 37.8 Å². The summed E-state index contributed by atoms with van der Waals surface area (Å²) in [7, 11) is -3.65. The average molecular weight is 317 g/mol. The first-order chi connectivity index (χ1) is 9.46. The van der Waals surface area contributed by atoms with Gasteiger partial charge in [0.25, 0.3) is 0 Å². The average Bonchev–Trinajstić information content (AvgIpc) is 2.89. The standard InChI is InChI=1S/C13H17ClN2O3S/c1-2-15-13(17)12-4-3-9-16(12)20(18,19)11-7-5-10(14)6-8-11/h5-8,12H,2-4,9H2,1H3,(H,15,17). The van der Waals surface area contributed by atoms with Crippen molar-refractivity contribution in [3.63, 3.8) is 0 Å². The third-order valence-corrected chi connectivity index (χ3v) is 5.45. The number of halogens is 1. The number of amides is 1. The summed E-state index contributed by atoms with van der Waals surface area (Å²) < 4.78 is 26.4. The van der Waals surface area contributed by atoms with Crippen molar-refractivity contribution in [2.75, 3.05) is 13.1 Å². The fraction of sp³-hybridized carbons (Fsp3) is 0.462. The predicted octanol–water partition coefficient (Wildman–Crippen LogP) is 1.63. The molecule has 0 aliphatic carbocycles. The third kappa shape index (κ3) is 2.97. The highest BCUT2D eigenvalue weighted by Gasteiger charge is 2.39. The predicted molar refractivity (Wildman–Crippen MR) is 77.0 cm³/mol. The molecule has 1 saturated heterocycles. The SMILES string of the molecule is CCNC(=O)C1CCCN1S(=O)(=O)c1ccc(Cl)cc1. The number of rotatable bonds is 4. The number of benzene rings is 1. The summed E-state index contributed by atoms with van der Waals surface area (Å²) in [6, 6.07) is 5.38. The van der Waals surface area contributed by atoms with E-state index in [1.807, 2.05) is 6.92 Å². The smallest absolute Gasteiger partial charge is 0.243 e. The molecular formula is C13H17ClN2O3S. The Hall–Kier alpha value is -1.11. The molecule has 2 rings (SSSR count). The summed E-state index contributed by atoms with van der Waals surface area (Å²) in [6.45, 7) is 2.67. The number of carbonyl (C=O) groups is 1. The Kier molecular flexibility index (Phi) is 4.67. The maximum absolute atomic E-state index is 12.6. The molecule has 0 radical (unpaired) electrons. The van der Waals surface area contributed by atoms with Gasteiger partial charge in [-0.1, -0.05) is 11.6 Å². The van der Waals surface area contributed by atoms with Crippen molar-refractivity contribution in [1.82, 2.24) is 9.62 Å². The van der Waals surface area contributed by atoms with Gasteiger partial charge in [-0.2, -0.15) is 4.31 Å². The highest BCUT2D eigenvalue weighted by molar-refractivity contribution is 7.89. The number of hydrogen-bond acceptors (Lipinski definition) is 3. The molecular weight excluding hydrogens is 300 g/mol. The second-order valence-corrected chi connectivity index (χ2v) is 6.95. The molecule has 20 heavy (non-hydrogen) atoms. The molecule has 5 nitrogen and oxygen atoms in total. The van der Waals surface area contributed by atoms with Crippen molar-refractivity contribution >= 4 is 27.5 Å². The van der Waals surface area contributed by atoms with Gasteiger partial charge in [-0.3, -0.25) is 4.79 Å². The molecule has 1 unspecified atom stereocenters. The summed E-state index contributed by atoms with van der Waals surface area (Å²) in [5, 5.41) is 3.16. The fourth-order valence-corrected chi connectivity index (χ4v) is 4.11. The first kappa shape index (κ1) is 15.3. The van der Waals surface area contributed by atoms with Gasteiger partial charge in [-0.05, 0) is 44.0 Å². The minimum Gasteiger partial charge on any atom is -0.355 e. The number of likely N-dealkylation sites (N-methyl/N-ethyl adjacent to an activating group) is 1. The van der Waals surface area contributed by atoms with Gasteiger partial charge in [0, 0.05) is 18.1 Å². The number of hydrogen-bond donors (Lipinski definition) is 1. The maximum Gasteiger partial charge on any atom is 0.243 e. The fourth-order valence-electron chi connectivity index (χ4n) is 2.32. The van der Waals surface area contributed by atoms with Crippen LogP contribution >= 0.6 is 11.6 Å². The molecule has 0 spiro atoms. The van der Waals surface area contributed by atoms with Crippen molar-refractivity contribution in [3.05, 3.63) is 29.3 Å². The number of sulfonamides is 1. The van der Waals surface area contributed by atoms with Crippen LogP contribution in [0.15, 0.2) is 29.2 Å². The zero-order chi connectivity index (χ0) is 14.8. The molecule has 1 atom stereocenters. The van der Waals surface area contributed by atoms with Crippen LogP contribution in [0.3, 0.4) is 0 Å². The van der Waals surface area contributed by atoms with E-state index in [0.29, 0.717) is 31.0 Å². The Labute approximate surface area is 124 Å². The molecule has 0 aromatic heterocycles. The number of carbonyl (C=O) groups excluding carboxylic acids is 1. The largest absolute Gasteiger partial charge is 0.355 e. The van der Waals surface area contributed by atoms with Crippen molar-refractivity contribution in [3.8, 4) is 0 Å². The highest BCUT2D eigenvalue weighted by atomic mass is 35.5. The minimum atomic E-state index is -3.65. The molecule has 1 N–H and O–H groups in total. The zero-order valence-electron chi connectivity index (χ0n) is 11.2. The van der Waals surface area contributed by atoms with Crippen LogP contribution in [0.25, 0.3) is 0 Å². The van der Waals surface area contributed by atoms with E-state index in [2.05, 4.69) is 5.32 Å².